The summed E-state index contributed by atoms with van der Waals surface area (Å²) in [4.78, 5) is 2.14. The number of likely N-dealkylation sites (N-methyl/N-ethyl adjacent to an activating group) is 1. The van der Waals surface area contributed by atoms with Crippen LogP contribution in [-0.4, -0.2) is 42.9 Å². The highest BCUT2D eigenvalue weighted by molar-refractivity contribution is 5.33. The van der Waals surface area contributed by atoms with E-state index in [0.717, 1.165) is 18.7 Å². The van der Waals surface area contributed by atoms with E-state index < -0.39 is 0 Å². The third-order valence-corrected chi connectivity index (χ3v) is 3.42. The van der Waals surface area contributed by atoms with Gasteiger partial charge in [0, 0.05) is 12.6 Å². The highest BCUT2D eigenvalue weighted by atomic mass is 16.5. The van der Waals surface area contributed by atoms with E-state index in [1.807, 2.05) is 20.0 Å². The largest absolute Gasteiger partial charge is 0.494 e. The maximum absolute atomic E-state index is 9.02. The molecule has 0 radical (unpaired) electrons. The lowest BCUT2D eigenvalue weighted by Gasteiger charge is -2.22. The van der Waals surface area contributed by atoms with Gasteiger partial charge in [-0.25, -0.2) is 0 Å². The van der Waals surface area contributed by atoms with Gasteiger partial charge in [0.25, 0.3) is 0 Å². The third kappa shape index (κ3) is 4.67. The molecular weight excluding hydrogens is 226 g/mol. The number of aryl methyl sites for hydroxylation is 2. The first kappa shape index (κ1) is 15.0. The number of hydrogen-bond donors (Lipinski definition) is 1. The van der Waals surface area contributed by atoms with Crippen molar-refractivity contribution in [3.63, 3.8) is 0 Å². The predicted molar refractivity (Wildman–Crippen MR) is 75.2 cm³/mol. The fourth-order valence-corrected chi connectivity index (χ4v) is 1.67. The first-order chi connectivity index (χ1) is 8.54. The standard InChI is InChI=1S/C15H25NO2/c1-12-6-7-15(10-13(12)2)18-9-5-8-16(4)14(3)11-17/h6-7,10,14,17H,5,8-9,11H2,1-4H3. The van der Waals surface area contributed by atoms with Crippen LogP contribution in [0.5, 0.6) is 5.75 Å². The summed E-state index contributed by atoms with van der Waals surface area (Å²) in [5, 5.41) is 9.02. The molecule has 0 fully saturated rings. The topological polar surface area (TPSA) is 32.7 Å². The van der Waals surface area contributed by atoms with Crippen LogP contribution in [-0.2, 0) is 0 Å². The lowest BCUT2D eigenvalue weighted by Crippen LogP contribution is -2.33. The van der Waals surface area contributed by atoms with Gasteiger partial charge in [-0.3, -0.25) is 0 Å². The summed E-state index contributed by atoms with van der Waals surface area (Å²) in [6, 6.07) is 6.40. The summed E-state index contributed by atoms with van der Waals surface area (Å²) in [6.07, 6.45) is 0.966. The van der Waals surface area contributed by atoms with Crippen LogP contribution in [0.25, 0.3) is 0 Å². The summed E-state index contributed by atoms with van der Waals surface area (Å²) in [7, 11) is 2.02. The Labute approximate surface area is 110 Å². The Morgan fingerprint density at radius 1 is 1.28 bits per heavy atom. The highest BCUT2D eigenvalue weighted by Crippen LogP contribution is 2.16. The number of aliphatic hydroxyl groups is 1. The molecule has 1 rings (SSSR count). The first-order valence-electron chi connectivity index (χ1n) is 6.55. The molecule has 0 amide bonds. The average molecular weight is 251 g/mol. The van der Waals surface area contributed by atoms with Crippen molar-refractivity contribution in [1.29, 1.82) is 0 Å². The van der Waals surface area contributed by atoms with Crippen molar-refractivity contribution in [3.05, 3.63) is 29.3 Å². The second-order valence-electron chi connectivity index (χ2n) is 4.96. The molecule has 0 heterocycles. The quantitative estimate of drug-likeness (QED) is 0.755. The van der Waals surface area contributed by atoms with E-state index in [0.29, 0.717) is 6.61 Å². The minimum Gasteiger partial charge on any atom is -0.494 e. The number of ether oxygens (including phenoxy) is 1. The summed E-state index contributed by atoms with van der Waals surface area (Å²) in [5.74, 6) is 0.941. The molecule has 0 bridgehead atoms. The molecule has 0 aliphatic rings. The van der Waals surface area contributed by atoms with Crippen molar-refractivity contribution in [2.45, 2.75) is 33.2 Å². The minimum absolute atomic E-state index is 0.203. The molecule has 1 aromatic rings. The van der Waals surface area contributed by atoms with E-state index >= 15 is 0 Å². The molecule has 1 atom stereocenters. The summed E-state index contributed by atoms with van der Waals surface area (Å²) < 4.78 is 5.72. The van der Waals surface area contributed by atoms with Gasteiger partial charge in [-0.2, -0.15) is 0 Å². The lowest BCUT2D eigenvalue weighted by molar-refractivity contribution is 0.151. The number of hydrogen-bond acceptors (Lipinski definition) is 3. The van der Waals surface area contributed by atoms with E-state index in [1.165, 1.54) is 11.1 Å². The average Bonchev–Trinajstić information content (AvgIpc) is 2.37. The molecule has 1 unspecified atom stereocenters. The lowest BCUT2D eigenvalue weighted by atomic mass is 10.1. The maximum Gasteiger partial charge on any atom is 0.119 e. The van der Waals surface area contributed by atoms with Gasteiger partial charge < -0.3 is 14.7 Å². The number of nitrogens with zero attached hydrogens (tertiary/aromatic N) is 1. The van der Waals surface area contributed by atoms with Gasteiger partial charge in [0.05, 0.1) is 13.2 Å². The normalized spacial score (nSPS) is 12.8. The van der Waals surface area contributed by atoms with Crippen molar-refractivity contribution in [2.24, 2.45) is 0 Å². The Balaban J connectivity index is 2.27. The van der Waals surface area contributed by atoms with Crippen LogP contribution >= 0.6 is 0 Å². The second-order valence-corrected chi connectivity index (χ2v) is 4.96. The molecule has 102 valence electrons. The van der Waals surface area contributed by atoms with Crippen molar-refractivity contribution in [2.75, 3.05) is 26.8 Å². The van der Waals surface area contributed by atoms with Crippen LogP contribution < -0.4 is 4.74 Å². The number of rotatable bonds is 7. The fraction of sp³-hybridized carbons (Fsp3) is 0.600. The van der Waals surface area contributed by atoms with Crippen molar-refractivity contribution < 1.29 is 9.84 Å². The van der Waals surface area contributed by atoms with Crippen molar-refractivity contribution in [3.8, 4) is 5.75 Å². The molecule has 0 saturated heterocycles. The van der Waals surface area contributed by atoms with E-state index in [2.05, 4.69) is 30.9 Å². The Hall–Kier alpha value is -1.06. The minimum atomic E-state index is 0.203. The Bertz CT molecular complexity index is 366. The van der Waals surface area contributed by atoms with Gasteiger partial charge in [0.2, 0.25) is 0 Å². The van der Waals surface area contributed by atoms with Gasteiger partial charge in [0.1, 0.15) is 5.75 Å². The molecule has 18 heavy (non-hydrogen) atoms. The van der Waals surface area contributed by atoms with E-state index in [-0.39, 0.29) is 12.6 Å². The van der Waals surface area contributed by atoms with Gasteiger partial charge in [-0.15, -0.1) is 0 Å². The van der Waals surface area contributed by atoms with Gasteiger partial charge in [-0.1, -0.05) is 6.07 Å². The van der Waals surface area contributed by atoms with E-state index in [1.54, 1.807) is 0 Å². The Morgan fingerprint density at radius 2 is 2.00 bits per heavy atom. The molecule has 0 aliphatic heterocycles. The molecule has 0 aliphatic carbocycles. The molecule has 0 aromatic heterocycles. The smallest absolute Gasteiger partial charge is 0.119 e. The van der Waals surface area contributed by atoms with Crippen molar-refractivity contribution in [1.82, 2.24) is 4.90 Å². The maximum atomic E-state index is 9.02. The number of benzene rings is 1. The highest BCUT2D eigenvalue weighted by Gasteiger charge is 2.06. The zero-order valence-corrected chi connectivity index (χ0v) is 11.9. The monoisotopic (exact) mass is 251 g/mol. The van der Waals surface area contributed by atoms with Crippen LogP contribution in [0.1, 0.15) is 24.5 Å². The SMILES string of the molecule is Cc1ccc(OCCCN(C)C(C)CO)cc1C. The molecule has 1 aromatic carbocycles. The summed E-state index contributed by atoms with van der Waals surface area (Å²) >= 11 is 0. The van der Waals surface area contributed by atoms with Crippen molar-refractivity contribution >= 4 is 0 Å². The van der Waals surface area contributed by atoms with E-state index in [4.69, 9.17) is 9.84 Å². The Morgan fingerprint density at radius 3 is 2.61 bits per heavy atom. The van der Waals surface area contributed by atoms with E-state index in [9.17, 15) is 0 Å². The van der Waals surface area contributed by atoms with Crippen LogP contribution in [0.2, 0.25) is 0 Å². The molecule has 0 spiro atoms. The summed E-state index contributed by atoms with van der Waals surface area (Å²) in [6.45, 7) is 8.07. The molecule has 1 N–H and O–H groups in total. The first-order valence-corrected chi connectivity index (χ1v) is 6.55. The molecule has 0 saturated carbocycles. The summed E-state index contributed by atoms with van der Waals surface area (Å²) in [5.41, 5.74) is 2.55. The fourth-order valence-electron chi connectivity index (χ4n) is 1.67. The van der Waals surface area contributed by atoms with Gasteiger partial charge >= 0.3 is 0 Å². The van der Waals surface area contributed by atoms with Crippen LogP contribution in [0.4, 0.5) is 0 Å². The van der Waals surface area contributed by atoms with Gasteiger partial charge in [0.15, 0.2) is 0 Å². The predicted octanol–water partition coefficient (Wildman–Crippen LogP) is 2.38. The van der Waals surface area contributed by atoms with Crippen LogP contribution in [0, 0.1) is 13.8 Å². The molecular formula is C15H25NO2. The number of aliphatic hydroxyl groups excluding tert-OH is 1. The zero-order chi connectivity index (χ0) is 13.5. The third-order valence-electron chi connectivity index (χ3n) is 3.42. The Kier molecular flexibility index (Phi) is 6.16. The second kappa shape index (κ2) is 7.39. The zero-order valence-electron chi connectivity index (χ0n) is 11.9. The molecule has 3 nitrogen and oxygen atoms in total. The molecule has 3 heteroatoms. The van der Waals surface area contributed by atoms with Gasteiger partial charge in [-0.05, 0) is 57.5 Å². The van der Waals surface area contributed by atoms with Crippen LogP contribution in [0.15, 0.2) is 18.2 Å². The van der Waals surface area contributed by atoms with Crippen LogP contribution in [0.3, 0.4) is 0 Å².